The van der Waals surface area contributed by atoms with Crippen LogP contribution in [0.5, 0.6) is 0 Å². The van der Waals surface area contributed by atoms with E-state index < -0.39 is 0 Å². The summed E-state index contributed by atoms with van der Waals surface area (Å²) in [6, 6.07) is 27.9. The normalized spacial score (nSPS) is 10.3. The molecule has 1 N–H and O–H groups in total. The van der Waals surface area contributed by atoms with Crippen LogP contribution in [0.3, 0.4) is 0 Å². The Morgan fingerprint density at radius 1 is 0.739 bits per heavy atom. The lowest BCUT2D eigenvalue weighted by Crippen LogP contribution is -2.26. The van der Waals surface area contributed by atoms with Crippen molar-refractivity contribution in [3.63, 3.8) is 0 Å². The Morgan fingerprint density at radius 2 is 1.35 bits per heavy atom. The van der Waals surface area contributed by atoms with Crippen LogP contribution in [-0.2, 0) is 6.42 Å². The molecule has 3 aromatic rings. The van der Waals surface area contributed by atoms with Gasteiger partial charge in [-0.2, -0.15) is 0 Å². The highest BCUT2D eigenvalue weighted by Gasteiger charge is 2.11. The largest absolute Gasteiger partial charge is 0.352 e. The third-order valence-corrected chi connectivity index (χ3v) is 3.80. The quantitative estimate of drug-likeness (QED) is 0.747. The molecule has 0 saturated heterocycles. The molecule has 0 aliphatic heterocycles. The van der Waals surface area contributed by atoms with Crippen molar-refractivity contribution in [2.24, 2.45) is 0 Å². The molecule has 0 aromatic heterocycles. The van der Waals surface area contributed by atoms with Crippen molar-refractivity contribution in [3.8, 4) is 11.1 Å². The predicted octanol–water partition coefficient (Wildman–Crippen LogP) is 4.33. The molecule has 0 atom stereocenters. The smallest absolute Gasteiger partial charge is 0.251 e. The van der Waals surface area contributed by atoms with Crippen LogP contribution in [0.2, 0.25) is 0 Å². The fraction of sp³-hybridized carbons (Fsp3) is 0.0952. The Labute approximate surface area is 136 Å². The Morgan fingerprint density at radius 3 is 2.09 bits per heavy atom. The van der Waals surface area contributed by atoms with E-state index in [1.54, 1.807) is 0 Å². The molecule has 1 amide bonds. The van der Waals surface area contributed by atoms with Crippen molar-refractivity contribution >= 4 is 5.91 Å². The number of hydrogen-bond acceptors (Lipinski definition) is 1. The zero-order valence-corrected chi connectivity index (χ0v) is 12.9. The van der Waals surface area contributed by atoms with Crippen LogP contribution in [0.25, 0.3) is 11.1 Å². The predicted molar refractivity (Wildman–Crippen MR) is 94.4 cm³/mol. The van der Waals surface area contributed by atoms with E-state index >= 15 is 0 Å². The summed E-state index contributed by atoms with van der Waals surface area (Å²) in [5.41, 5.74) is 3.96. The average Bonchev–Trinajstić information content (AvgIpc) is 2.63. The molecule has 2 heteroatoms. The number of benzene rings is 3. The Kier molecular flexibility index (Phi) is 4.85. The fourth-order valence-corrected chi connectivity index (χ4v) is 2.61. The van der Waals surface area contributed by atoms with E-state index in [1.807, 2.05) is 72.8 Å². The maximum atomic E-state index is 12.5. The molecule has 0 fully saturated rings. The summed E-state index contributed by atoms with van der Waals surface area (Å²) in [5.74, 6) is -0.0274. The van der Waals surface area contributed by atoms with Gasteiger partial charge in [0.05, 0.1) is 0 Å². The monoisotopic (exact) mass is 301 g/mol. The first-order chi connectivity index (χ1) is 11.3. The van der Waals surface area contributed by atoms with Gasteiger partial charge in [0.15, 0.2) is 0 Å². The second-order valence-corrected chi connectivity index (χ2v) is 5.40. The van der Waals surface area contributed by atoms with E-state index in [2.05, 4.69) is 17.4 Å². The lowest BCUT2D eigenvalue weighted by Gasteiger charge is -2.10. The molecule has 2 nitrogen and oxygen atoms in total. The second kappa shape index (κ2) is 7.41. The van der Waals surface area contributed by atoms with E-state index in [0.717, 1.165) is 17.5 Å². The van der Waals surface area contributed by atoms with Crippen molar-refractivity contribution in [2.75, 3.05) is 6.54 Å². The van der Waals surface area contributed by atoms with Gasteiger partial charge in [0, 0.05) is 12.1 Å². The van der Waals surface area contributed by atoms with Crippen LogP contribution in [0.4, 0.5) is 0 Å². The minimum atomic E-state index is -0.0274. The first-order valence-corrected chi connectivity index (χ1v) is 7.81. The molecular formula is C21H19NO. The van der Waals surface area contributed by atoms with Crippen molar-refractivity contribution in [3.05, 3.63) is 96.1 Å². The molecule has 3 rings (SSSR count). The average molecular weight is 301 g/mol. The highest BCUT2D eigenvalue weighted by atomic mass is 16.1. The molecule has 0 aliphatic rings. The van der Waals surface area contributed by atoms with Gasteiger partial charge in [-0.05, 0) is 29.2 Å². The summed E-state index contributed by atoms with van der Waals surface area (Å²) in [6.45, 7) is 0.631. The van der Waals surface area contributed by atoms with Crippen LogP contribution in [0, 0.1) is 0 Å². The molecule has 23 heavy (non-hydrogen) atoms. The van der Waals surface area contributed by atoms with E-state index in [1.165, 1.54) is 5.56 Å². The van der Waals surface area contributed by atoms with Gasteiger partial charge in [-0.3, -0.25) is 4.79 Å². The molecule has 0 bridgehead atoms. The summed E-state index contributed by atoms with van der Waals surface area (Å²) >= 11 is 0. The van der Waals surface area contributed by atoms with E-state index in [0.29, 0.717) is 12.1 Å². The third-order valence-electron chi connectivity index (χ3n) is 3.80. The van der Waals surface area contributed by atoms with Crippen molar-refractivity contribution in [1.29, 1.82) is 0 Å². The maximum absolute atomic E-state index is 12.5. The Bertz CT molecular complexity index is 766. The van der Waals surface area contributed by atoms with Crippen LogP contribution >= 0.6 is 0 Å². The molecule has 0 aliphatic carbocycles. The number of nitrogens with one attached hydrogen (secondary N) is 1. The second-order valence-electron chi connectivity index (χ2n) is 5.40. The fourth-order valence-electron chi connectivity index (χ4n) is 2.61. The highest BCUT2D eigenvalue weighted by Crippen LogP contribution is 2.23. The molecule has 0 radical (unpaired) electrons. The number of carbonyl (C=O) groups is 1. The number of carbonyl (C=O) groups excluding carboxylic acids is 1. The van der Waals surface area contributed by atoms with Gasteiger partial charge in [-0.15, -0.1) is 0 Å². The first-order valence-electron chi connectivity index (χ1n) is 7.81. The van der Waals surface area contributed by atoms with Gasteiger partial charge < -0.3 is 5.32 Å². The third kappa shape index (κ3) is 3.86. The molecule has 0 saturated carbocycles. The van der Waals surface area contributed by atoms with Crippen LogP contribution in [0.1, 0.15) is 15.9 Å². The zero-order valence-electron chi connectivity index (χ0n) is 12.9. The lowest BCUT2D eigenvalue weighted by molar-refractivity contribution is 0.0955. The van der Waals surface area contributed by atoms with Gasteiger partial charge in [-0.1, -0.05) is 78.9 Å². The lowest BCUT2D eigenvalue weighted by atomic mass is 9.99. The zero-order chi connectivity index (χ0) is 15.9. The van der Waals surface area contributed by atoms with Gasteiger partial charge in [0.1, 0.15) is 0 Å². The van der Waals surface area contributed by atoms with Crippen molar-refractivity contribution in [1.82, 2.24) is 5.32 Å². The highest BCUT2D eigenvalue weighted by molar-refractivity contribution is 6.00. The Balaban J connectivity index is 1.70. The minimum Gasteiger partial charge on any atom is -0.352 e. The van der Waals surface area contributed by atoms with Gasteiger partial charge in [-0.25, -0.2) is 0 Å². The summed E-state index contributed by atoms with van der Waals surface area (Å²) < 4.78 is 0. The Hall–Kier alpha value is -2.87. The molecular weight excluding hydrogens is 282 g/mol. The van der Waals surface area contributed by atoms with Crippen molar-refractivity contribution < 1.29 is 4.79 Å². The first kappa shape index (κ1) is 15.0. The van der Waals surface area contributed by atoms with E-state index in [-0.39, 0.29) is 5.91 Å². The molecule has 0 unspecified atom stereocenters. The summed E-state index contributed by atoms with van der Waals surface area (Å²) in [6.07, 6.45) is 0.833. The number of rotatable bonds is 5. The van der Waals surface area contributed by atoms with Gasteiger partial charge >= 0.3 is 0 Å². The molecule has 0 spiro atoms. The standard InChI is InChI=1S/C21H19NO/c23-21(22-16-15-17-9-3-1-4-10-17)20-14-8-7-13-19(20)18-11-5-2-6-12-18/h1-14H,15-16H2,(H,22,23). The van der Waals surface area contributed by atoms with Gasteiger partial charge in [0.2, 0.25) is 0 Å². The minimum absolute atomic E-state index is 0.0274. The summed E-state index contributed by atoms with van der Waals surface area (Å²) in [5, 5.41) is 3.02. The topological polar surface area (TPSA) is 29.1 Å². The number of amides is 1. The van der Waals surface area contributed by atoms with Crippen LogP contribution in [-0.4, -0.2) is 12.5 Å². The molecule has 0 heterocycles. The molecule has 3 aromatic carbocycles. The summed E-state index contributed by atoms with van der Waals surface area (Å²) in [7, 11) is 0. The SMILES string of the molecule is O=C(NCCc1ccccc1)c1ccccc1-c1ccccc1. The van der Waals surface area contributed by atoms with E-state index in [4.69, 9.17) is 0 Å². The number of hydrogen-bond donors (Lipinski definition) is 1. The summed E-state index contributed by atoms with van der Waals surface area (Å²) in [4.78, 5) is 12.5. The van der Waals surface area contributed by atoms with E-state index in [9.17, 15) is 4.79 Å². The maximum Gasteiger partial charge on any atom is 0.251 e. The van der Waals surface area contributed by atoms with Crippen LogP contribution < -0.4 is 5.32 Å². The van der Waals surface area contributed by atoms with Crippen molar-refractivity contribution in [2.45, 2.75) is 6.42 Å². The molecule has 114 valence electrons. The van der Waals surface area contributed by atoms with Crippen LogP contribution in [0.15, 0.2) is 84.9 Å². The van der Waals surface area contributed by atoms with Gasteiger partial charge in [0.25, 0.3) is 5.91 Å².